The van der Waals surface area contributed by atoms with Crippen LogP contribution in [0.25, 0.3) is 11.0 Å². The van der Waals surface area contributed by atoms with Gasteiger partial charge in [-0.15, -0.1) is 0 Å². The largest absolute Gasteiger partial charge is 0.546 e. The number of carboxylic acids is 1. The number of fused-ring (bicyclic) bond motifs is 1. The van der Waals surface area contributed by atoms with Crippen LogP contribution in [0, 0.1) is 0 Å². The fraction of sp³-hybridized carbons (Fsp3) is 0.100. The highest BCUT2D eigenvalue weighted by Crippen LogP contribution is 2.16. The number of aromatic nitrogens is 2. The molecule has 0 aliphatic carbocycles. The summed E-state index contributed by atoms with van der Waals surface area (Å²) in [5, 5.41) is 10.2. The zero-order valence-electron chi connectivity index (χ0n) is 7.71. The van der Waals surface area contributed by atoms with E-state index in [0.717, 1.165) is 5.52 Å². The summed E-state index contributed by atoms with van der Waals surface area (Å²) in [7, 11) is 0. The van der Waals surface area contributed by atoms with E-state index in [1.165, 1.54) is 0 Å². The van der Waals surface area contributed by atoms with E-state index >= 15 is 0 Å². The first kappa shape index (κ1) is 9.39. The zero-order valence-corrected chi connectivity index (χ0v) is 7.71. The standard InChI is InChI=1S/C10H8N2O3/c13-10(14)6-15-7-1-2-8-9(5-7)12-4-3-11-8/h1-5H,6H2,(H,13,14)/p-1. The molecule has 2 aromatic rings. The molecule has 2 rings (SSSR count). The Kier molecular flexibility index (Phi) is 2.45. The van der Waals surface area contributed by atoms with Crippen LogP contribution < -0.4 is 9.84 Å². The van der Waals surface area contributed by atoms with Gasteiger partial charge in [-0.1, -0.05) is 0 Å². The van der Waals surface area contributed by atoms with E-state index < -0.39 is 12.6 Å². The number of ether oxygens (including phenoxy) is 1. The normalized spacial score (nSPS) is 10.1. The van der Waals surface area contributed by atoms with E-state index in [9.17, 15) is 9.90 Å². The third-order valence-electron chi connectivity index (χ3n) is 1.80. The first-order valence-corrected chi connectivity index (χ1v) is 4.29. The molecule has 0 saturated heterocycles. The summed E-state index contributed by atoms with van der Waals surface area (Å²) in [5.41, 5.74) is 1.40. The van der Waals surface area contributed by atoms with Gasteiger partial charge in [0.05, 0.1) is 17.0 Å². The SMILES string of the molecule is O=C([O-])COc1ccc2nccnc2c1. The van der Waals surface area contributed by atoms with Crippen molar-refractivity contribution in [3.63, 3.8) is 0 Å². The van der Waals surface area contributed by atoms with Crippen molar-refractivity contribution >= 4 is 17.0 Å². The summed E-state index contributed by atoms with van der Waals surface area (Å²) in [5.74, 6) is -0.818. The van der Waals surface area contributed by atoms with Crippen molar-refractivity contribution in [1.82, 2.24) is 9.97 Å². The lowest BCUT2D eigenvalue weighted by molar-refractivity contribution is -0.307. The van der Waals surface area contributed by atoms with Crippen LogP contribution >= 0.6 is 0 Å². The van der Waals surface area contributed by atoms with E-state index in [1.54, 1.807) is 30.6 Å². The number of carboxylic acid groups (broad SMARTS) is 1. The molecule has 0 aliphatic heterocycles. The quantitative estimate of drug-likeness (QED) is 0.688. The highest BCUT2D eigenvalue weighted by molar-refractivity contribution is 5.75. The summed E-state index contributed by atoms with van der Waals surface area (Å²) in [6, 6.07) is 4.98. The number of benzene rings is 1. The third-order valence-corrected chi connectivity index (χ3v) is 1.80. The predicted octanol–water partition coefficient (Wildman–Crippen LogP) is -0.242. The van der Waals surface area contributed by atoms with E-state index in [-0.39, 0.29) is 0 Å². The summed E-state index contributed by atoms with van der Waals surface area (Å²) < 4.78 is 4.95. The second kappa shape index (κ2) is 3.91. The fourth-order valence-electron chi connectivity index (χ4n) is 1.18. The predicted molar refractivity (Wildman–Crippen MR) is 50.0 cm³/mol. The molecule has 0 atom stereocenters. The van der Waals surface area contributed by atoms with Crippen LogP contribution in [0.5, 0.6) is 5.75 Å². The molecule has 5 nitrogen and oxygen atoms in total. The van der Waals surface area contributed by atoms with Gasteiger partial charge in [0, 0.05) is 18.5 Å². The lowest BCUT2D eigenvalue weighted by atomic mass is 10.3. The Morgan fingerprint density at radius 2 is 2.00 bits per heavy atom. The van der Waals surface area contributed by atoms with Crippen LogP contribution in [0.15, 0.2) is 30.6 Å². The number of carbonyl (C=O) groups excluding carboxylic acids is 1. The molecular formula is C10H7N2O3-. The molecule has 0 unspecified atom stereocenters. The van der Waals surface area contributed by atoms with Crippen LogP contribution in [-0.4, -0.2) is 22.5 Å². The van der Waals surface area contributed by atoms with Gasteiger partial charge in [0.2, 0.25) is 0 Å². The number of nitrogens with zero attached hydrogens (tertiary/aromatic N) is 2. The van der Waals surface area contributed by atoms with E-state index in [1.807, 2.05) is 0 Å². The van der Waals surface area contributed by atoms with Gasteiger partial charge in [-0.2, -0.15) is 0 Å². The van der Waals surface area contributed by atoms with Crippen molar-refractivity contribution in [2.75, 3.05) is 6.61 Å². The Bertz CT molecular complexity index is 499. The van der Waals surface area contributed by atoms with Crippen LogP contribution in [0.4, 0.5) is 0 Å². The maximum absolute atomic E-state index is 10.2. The number of hydrogen-bond donors (Lipinski definition) is 0. The Labute approximate surface area is 85.4 Å². The zero-order chi connectivity index (χ0) is 10.7. The second-order valence-corrected chi connectivity index (χ2v) is 2.87. The molecule has 0 amide bonds. The molecule has 0 saturated carbocycles. The molecule has 0 spiro atoms. The van der Waals surface area contributed by atoms with Crippen LogP contribution in [-0.2, 0) is 4.79 Å². The highest BCUT2D eigenvalue weighted by Gasteiger charge is 1.98. The maximum Gasteiger partial charge on any atom is 0.128 e. The maximum atomic E-state index is 10.2. The van der Waals surface area contributed by atoms with Crippen molar-refractivity contribution in [1.29, 1.82) is 0 Å². The molecule has 0 radical (unpaired) electrons. The Hall–Kier alpha value is -2.17. The minimum atomic E-state index is -1.26. The van der Waals surface area contributed by atoms with Crippen molar-refractivity contribution in [3.05, 3.63) is 30.6 Å². The average Bonchev–Trinajstić information content (AvgIpc) is 2.26. The molecule has 0 aliphatic rings. The van der Waals surface area contributed by atoms with Crippen molar-refractivity contribution in [3.8, 4) is 5.75 Å². The molecule has 1 heterocycles. The smallest absolute Gasteiger partial charge is 0.128 e. The molecule has 76 valence electrons. The molecule has 15 heavy (non-hydrogen) atoms. The molecule has 1 aromatic heterocycles. The van der Waals surface area contributed by atoms with E-state index in [2.05, 4.69) is 9.97 Å². The number of rotatable bonds is 3. The Morgan fingerprint density at radius 1 is 1.27 bits per heavy atom. The number of carbonyl (C=O) groups is 1. The van der Waals surface area contributed by atoms with Gasteiger partial charge < -0.3 is 14.6 Å². The minimum Gasteiger partial charge on any atom is -0.546 e. The van der Waals surface area contributed by atoms with Gasteiger partial charge in [0.25, 0.3) is 0 Å². The monoisotopic (exact) mass is 203 g/mol. The van der Waals surface area contributed by atoms with Gasteiger partial charge >= 0.3 is 0 Å². The number of aliphatic carboxylic acids is 1. The van der Waals surface area contributed by atoms with Crippen molar-refractivity contribution in [2.24, 2.45) is 0 Å². The minimum absolute atomic E-state index is 0.437. The fourth-order valence-corrected chi connectivity index (χ4v) is 1.18. The first-order valence-electron chi connectivity index (χ1n) is 4.29. The summed E-state index contributed by atoms with van der Waals surface area (Å²) in [6.45, 7) is -0.466. The van der Waals surface area contributed by atoms with Crippen LogP contribution in [0.1, 0.15) is 0 Å². The summed E-state index contributed by atoms with van der Waals surface area (Å²) >= 11 is 0. The third kappa shape index (κ3) is 2.19. The summed E-state index contributed by atoms with van der Waals surface area (Å²) in [4.78, 5) is 18.3. The second-order valence-electron chi connectivity index (χ2n) is 2.87. The lowest BCUT2D eigenvalue weighted by Crippen LogP contribution is -2.28. The van der Waals surface area contributed by atoms with E-state index in [4.69, 9.17) is 4.74 Å². The molecular weight excluding hydrogens is 196 g/mol. The lowest BCUT2D eigenvalue weighted by Gasteiger charge is -2.06. The highest BCUT2D eigenvalue weighted by atomic mass is 16.5. The van der Waals surface area contributed by atoms with E-state index in [0.29, 0.717) is 11.3 Å². The van der Waals surface area contributed by atoms with Crippen molar-refractivity contribution < 1.29 is 14.6 Å². The van der Waals surface area contributed by atoms with Crippen LogP contribution in [0.2, 0.25) is 0 Å². The van der Waals surface area contributed by atoms with Gasteiger partial charge in [-0.3, -0.25) is 9.97 Å². The van der Waals surface area contributed by atoms with Gasteiger partial charge in [-0.05, 0) is 12.1 Å². The topological polar surface area (TPSA) is 75.1 Å². The Balaban J connectivity index is 2.26. The summed E-state index contributed by atoms with van der Waals surface area (Å²) in [6.07, 6.45) is 3.15. The first-order chi connectivity index (χ1) is 7.25. The van der Waals surface area contributed by atoms with Gasteiger partial charge in [-0.25, -0.2) is 0 Å². The number of hydrogen-bond acceptors (Lipinski definition) is 5. The molecule has 0 fully saturated rings. The van der Waals surface area contributed by atoms with Crippen LogP contribution in [0.3, 0.4) is 0 Å². The van der Waals surface area contributed by atoms with Crippen molar-refractivity contribution in [2.45, 2.75) is 0 Å². The van der Waals surface area contributed by atoms with Gasteiger partial charge in [0.1, 0.15) is 12.4 Å². The molecule has 0 N–H and O–H groups in total. The molecule has 1 aromatic carbocycles. The molecule has 5 heteroatoms. The van der Waals surface area contributed by atoms with Gasteiger partial charge in [0.15, 0.2) is 0 Å². The molecule has 0 bridgehead atoms. The Morgan fingerprint density at radius 3 is 2.73 bits per heavy atom. The average molecular weight is 203 g/mol.